The largest absolute Gasteiger partial charge is 0.315 e. The van der Waals surface area contributed by atoms with Crippen LogP contribution in [0.25, 0.3) is 0 Å². The van der Waals surface area contributed by atoms with E-state index in [9.17, 15) is 18.5 Å². The molecule has 1 aromatic rings. The van der Waals surface area contributed by atoms with Crippen molar-refractivity contribution < 1.29 is 13.3 Å². The molecule has 0 radical (unpaired) electrons. The van der Waals surface area contributed by atoms with Crippen LogP contribution < -0.4 is 5.32 Å². The lowest BCUT2D eigenvalue weighted by Crippen LogP contribution is -2.42. The highest BCUT2D eigenvalue weighted by Crippen LogP contribution is 2.26. The maximum atomic E-state index is 12.9. The van der Waals surface area contributed by atoms with Crippen LogP contribution in [0.1, 0.15) is 25.3 Å². The molecule has 1 heterocycles. The minimum atomic E-state index is -3.65. The lowest BCUT2D eigenvalue weighted by molar-refractivity contribution is -0.385. The summed E-state index contributed by atoms with van der Waals surface area (Å²) in [6, 6.07) is 3.84. The zero-order chi connectivity index (χ0) is 16.3. The molecule has 0 aromatic heterocycles. The molecule has 1 N–H and O–H groups in total. The van der Waals surface area contributed by atoms with Crippen molar-refractivity contribution in [3.8, 4) is 0 Å². The van der Waals surface area contributed by atoms with Gasteiger partial charge in [-0.2, -0.15) is 4.31 Å². The number of sulfonamides is 1. The van der Waals surface area contributed by atoms with Gasteiger partial charge in [0.15, 0.2) is 0 Å². The number of nitrogens with one attached hydrogen (secondary N) is 1. The van der Waals surface area contributed by atoms with Crippen molar-refractivity contribution in [1.82, 2.24) is 9.62 Å². The van der Waals surface area contributed by atoms with Gasteiger partial charge in [-0.15, -0.1) is 0 Å². The summed E-state index contributed by atoms with van der Waals surface area (Å²) in [7, 11) is -3.65. The van der Waals surface area contributed by atoms with E-state index in [4.69, 9.17) is 0 Å². The zero-order valence-electron chi connectivity index (χ0n) is 12.8. The Morgan fingerprint density at radius 3 is 2.68 bits per heavy atom. The number of nitro groups is 1. The predicted octanol–water partition coefficient (Wildman–Crippen LogP) is 1.67. The smallest absolute Gasteiger partial charge is 0.269 e. The van der Waals surface area contributed by atoms with Gasteiger partial charge in [-0.3, -0.25) is 10.1 Å². The van der Waals surface area contributed by atoms with Gasteiger partial charge in [0.05, 0.1) is 9.82 Å². The van der Waals surface area contributed by atoms with Gasteiger partial charge in [0.1, 0.15) is 0 Å². The van der Waals surface area contributed by atoms with E-state index in [2.05, 4.69) is 5.32 Å². The molecule has 1 saturated heterocycles. The van der Waals surface area contributed by atoms with Gasteiger partial charge in [-0.1, -0.05) is 6.92 Å². The van der Waals surface area contributed by atoms with E-state index in [-0.39, 0.29) is 16.6 Å². The Kier molecular flexibility index (Phi) is 5.15. The summed E-state index contributed by atoms with van der Waals surface area (Å²) in [5.41, 5.74) is 0.308. The van der Waals surface area contributed by atoms with Gasteiger partial charge in [0, 0.05) is 31.3 Å². The molecule has 1 aromatic carbocycles. The van der Waals surface area contributed by atoms with Crippen LogP contribution in [0.4, 0.5) is 5.69 Å². The van der Waals surface area contributed by atoms with Gasteiger partial charge in [0.2, 0.25) is 10.0 Å². The molecule has 8 heteroatoms. The third-order valence-electron chi connectivity index (χ3n) is 3.84. The molecular weight excluding hydrogens is 306 g/mol. The Labute approximate surface area is 130 Å². The number of rotatable bonds is 6. The van der Waals surface area contributed by atoms with Crippen molar-refractivity contribution >= 4 is 15.7 Å². The predicted molar refractivity (Wildman–Crippen MR) is 83.3 cm³/mol. The lowest BCUT2D eigenvalue weighted by atomic mass is 10.2. The summed E-state index contributed by atoms with van der Waals surface area (Å²) in [5.74, 6) is 0. The van der Waals surface area contributed by atoms with E-state index in [0.29, 0.717) is 18.7 Å². The quantitative estimate of drug-likeness (QED) is 0.634. The first kappa shape index (κ1) is 16.9. The molecule has 122 valence electrons. The third-order valence-corrected chi connectivity index (χ3v) is 5.95. The highest BCUT2D eigenvalue weighted by Gasteiger charge is 2.33. The normalized spacial score (nSPS) is 18.8. The summed E-state index contributed by atoms with van der Waals surface area (Å²) < 4.78 is 27.4. The SMILES string of the molecule is CCCN(C1CCNC1)S(=O)(=O)c1ccc([N+](=O)[O-])cc1C. The maximum absolute atomic E-state index is 12.9. The number of hydrogen-bond donors (Lipinski definition) is 1. The monoisotopic (exact) mass is 327 g/mol. The first-order valence-electron chi connectivity index (χ1n) is 7.35. The van der Waals surface area contributed by atoms with Crippen molar-refractivity contribution in [2.24, 2.45) is 0 Å². The second-order valence-corrected chi connectivity index (χ2v) is 7.33. The molecule has 0 saturated carbocycles. The van der Waals surface area contributed by atoms with Crippen LogP contribution in [0.3, 0.4) is 0 Å². The number of aryl methyl sites for hydroxylation is 1. The van der Waals surface area contributed by atoms with Crippen LogP contribution in [0.2, 0.25) is 0 Å². The topological polar surface area (TPSA) is 92.6 Å². The van der Waals surface area contributed by atoms with E-state index < -0.39 is 14.9 Å². The average molecular weight is 327 g/mol. The number of nitro benzene ring substituents is 1. The molecule has 2 rings (SSSR count). The van der Waals surface area contributed by atoms with Crippen LogP contribution in [-0.4, -0.2) is 43.3 Å². The van der Waals surface area contributed by atoms with Crippen LogP contribution in [0.5, 0.6) is 0 Å². The molecule has 0 bridgehead atoms. The zero-order valence-corrected chi connectivity index (χ0v) is 13.6. The van der Waals surface area contributed by atoms with E-state index in [1.165, 1.54) is 22.5 Å². The molecule has 7 nitrogen and oxygen atoms in total. The number of non-ortho nitro benzene ring substituents is 1. The van der Waals surface area contributed by atoms with Crippen molar-refractivity contribution in [2.75, 3.05) is 19.6 Å². The molecule has 0 amide bonds. The van der Waals surface area contributed by atoms with Gasteiger partial charge >= 0.3 is 0 Å². The highest BCUT2D eigenvalue weighted by molar-refractivity contribution is 7.89. The van der Waals surface area contributed by atoms with Crippen LogP contribution >= 0.6 is 0 Å². The number of benzene rings is 1. The lowest BCUT2D eigenvalue weighted by Gasteiger charge is -2.27. The van der Waals surface area contributed by atoms with E-state index in [1.807, 2.05) is 6.92 Å². The standard InChI is InChI=1S/C14H21N3O4S/c1-3-8-16(13-6-7-15-10-13)22(20,21)14-5-4-12(17(18)19)9-11(14)2/h4-5,9,13,15H,3,6-8,10H2,1-2H3. The Bertz CT molecular complexity index is 654. The summed E-state index contributed by atoms with van der Waals surface area (Å²) >= 11 is 0. The molecule has 1 aliphatic heterocycles. The van der Waals surface area contributed by atoms with E-state index in [0.717, 1.165) is 19.4 Å². The molecule has 1 fully saturated rings. The maximum Gasteiger partial charge on any atom is 0.269 e. The number of nitrogens with zero attached hydrogens (tertiary/aromatic N) is 2. The average Bonchev–Trinajstić information content (AvgIpc) is 2.97. The second-order valence-electron chi connectivity index (χ2n) is 5.47. The first-order chi connectivity index (χ1) is 10.4. The van der Waals surface area contributed by atoms with Gasteiger partial charge in [0.25, 0.3) is 5.69 Å². The van der Waals surface area contributed by atoms with Gasteiger partial charge in [-0.05, 0) is 37.9 Å². The Hall–Kier alpha value is -1.51. The molecule has 0 aliphatic carbocycles. The van der Waals surface area contributed by atoms with Crippen molar-refractivity contribution in [1.29, 1.82) is 0 Å². The van der Waals surface area contributed by atoms with Gasteiger partial charge in [-0.25, -0.2) is 8.42 Å². The summed E-state index contributed by atoms with van der Waals surface area (Å²) in [6.45, 7) is 5.43. The summed E-state index contributed by atoms with van der Waals surface area (Å²) in [6.07, 6.45) is 1.51. The van der Waals surface area contributed by atoms with E-state index >= 15 is 0 Å². The highest BCUT2D eigenvalue weighted by atomic mass is 32.2. The summed E-state index contributed by atoms with van der Waals surface area (Å²) in [5, 5.41) is 14.0. The molecule has 22 heavy (non-hydrogen) atoms. The van der Waals surface area contributed by atoms with Gasteiger partial charge < -0.3 is 5.32 Å². The molecule has 1 atom stereocenters. The third kappa shape index (κ3) is 3.29. The molecule has 1 unspecified atom stereocenters. The van der Waals surface area contributed by atoms with Crippen LogP contribution in [0.15, 0.2) is 23.1 Å². The summed E-state index contributed by atoms with van der Waals surface area (Å²) in [4.78, 5) is 10.4. The van der Waals surface area contributed by atoms with Crippen molar-refractivity contribution in [3.63, 3.8) is 0 Å². The van der Waals surface area contributed by atoms with Crippen LogP contribution in [-0.2, 0) is 10.0 Å². The van der Waals surface area contributed by atoms with Crippen molar-refractivity contribution in [3.05, 3.63) is 33.9 Å². The Morgan fingerprint density at radius 1 is 1.45 bits per heavy atom. The fourth-order valence-electron chi connectivity index (χ4n) is 2.77. The first-order valence-corrected chi connectivity index (χ1v) is 8.79. The number of hydrogen-bond acceptors (Lipinski definition) is 5. The Morgan fingerprint density at radius 2 is 2.18 bits per heavy atom. The molecule has 1 aliphatic rings. The minimum Gasteiger partial charge on any atom is -0.315 e. The fraction of sp³-hybridized carbons (Fsp3) is 0.571. The molecular formula is C14H21N3O4S. The van der Waals surface area contributed by atoms with E-state index in [1.54, 1.807) is 6.92 Å². The van der Waals surface area contributed by atoms with Crippen molar-refractivity contribution in [2.45, 2.75) is 37.6 Å². The second kappa shape index (κ2) is 6.72. The molecule has 0 spiro atoms. The Balaban J connectivity index is 2.40. The fourth-order valence-corrected chi connectivity index (χ4v) is 4.72. The minimum absolute atomic E-state index is 0.0560. The van der Waals surface area contributed by atoms with Crippen LogP contribution in [0, 0.1) is 17.0 Å².